The summed E-state index contributed by atoms with van der Waals surface area (Å²) < 4.78 is 1.78. The first-order valence-electron chi connectivity index (χ1n) is 8.67. The van der Waals surface area contributed by atoms with Gasteiger partial charge in [0.2, 0.25) is 0 Å². The number of hydrogen-bond acceptors (Lipinski definition) is 5. The lowest BCUT2D eigenvalue weighted by atomic mass is 9.92. The molecule has 6 heteroatoms. The van der Waals surface area contributed by atoms with Gasteiger partial charge in [0.1, 0.15) is 11.6 Å². The number of nitrogens with zero attached hydrogens (tertiary/aromatic N) is 4. The maximum absolute atomic E-state index is 12.5. The number of benzene rings is 1. The number of Topliss-reactive ketones (excluding diaryl/α,β-unsaturated/α-hetero) is 1. The fraction of sp³-hybridized carbons (Fsp3) is 0.368. The number of fused-ring (bicyclic) bond motifs is 1. The molecule has 1 saturated heterocycles. The Hall–Kier alpha value is -2.60. The highest BCUT2D eigenvalue weighted by atomic mass is 16.1. The molecule has 0 amide bonds. The van der Waals surface area contributed by atoms with E-state index in [1.165, 1.54) is 0 Å². The average Bonchev–Trinajstić information content (AvgIpc) is 3.08. The minimum atomic E-state index is 0.141. The van der Waals surface area contributed by atoms with E-state index in [1.807, 2.05) is 37.6 Å². The minimum absolute atomic E-state index is 0.141. The first kappa shape index (κ1) is 15.9. The summed E-state index contributed by atoms with van der Waals surface area (Å²) in [5.74, 6) is 1.01. The minimum Gasteiger partial charge on any atom is -0.317 e. The molecule has 0 saturated carbocycles. The van der Waals surface area contributed by atoms with Gasteiger partial charge in [-0.25, -0.2) is 9.97 Å². The van der Waals surface area contributed by atoms with Crippen LogP contribution >= 0.6 is 0 Å². The molecular formula is C19H21N5O. The molecule has 2 aromatic heterocycles. The van der Waals surface area contributed by atoms with Crippen LogP contribution < -0.4 is 5.32 Å². The third-order valence-corrected chi connectivity index (χ3v) is 4.80. The van der Waals surface area contributed by atoms with E-state index < -0.39 is 0 Å². The molecule has 0 spiro atoms. The molecule has 1 aromatic carbocycles. The first-order chi connectivity index (χ1) is 12.2. The lowest BCUT2D eigenvalue weighted by molar-refractivity contribution is -0.123. The molecule has 6 nitrogen and oxygen atoms in total. The highest BCUT2D eigenvalue weighted by Crippen LogP contribution is 2.23. The molecule has 0 aliphatic carbocycles. The van der Waals surface area contributed by atoms with Gasteiger partial charge < -0.3 is 5.32 Å². The number of aryl methyl sites for hydroxylation is 1. The highest BCUT2D eigenvalue weighted by molar-refractivity contribution is 5.85. The number of aromatic nitrogens is 4. The Balaban J connectivity index is 1.59. The molecule has 1 aliphatic heterocycles. The van der Waals surface area contributed by atoms with Crippen LogP contribution in [0.4, 0.5) is 0 Å². The van der Waals surface area contributed by atoms with Gasteiger partial charge in [0.25, 0.3) is 0 Å². The van der Waals surface area contributed by atoms with Crippen molar-refractivity contribution in [1.82, 2.24) is 25.1 Å². The molecule has 0 unspecified atom stereocenters. The molecule has 25 heavy (non-hydrogen) atoms. The van der Waals surface area contributed by atoms with Gasteiger partial charge in [-0.05, 0) is 37.6 Å². The van der Waals surface area contributed by atoms with Gasteiger partial charge in [-0.3, -0.25) is 9.48 Å². The zero-order valence-electron chi connectivity index (χ0n) is 14.3. The van der Waals surface area contributed by atoms with Crippen molar-refractivity contribution in [2.75, 3.05) is 13.1 Å². The van der Waals surface area contributed by atoms with Crippen molar-refractivity contribution in [2.45, 2.75) is 19.3 Å². The maximum Gasteiger partial charge on any atom is 0.143 e. The van der Waals surface area contributed by atoms with E-state index in [2.05, 4.69) is 20.4 Å². The Morgan fingerprint density at radius 3 is 2.84 bits per heavy atom. The molecule has 0 radical (unpaired) electrons. The summed E-state index contributed by atoms with van der Waals surface area (Å²) in [6, 6.07) is 6.09. The summed E-state index contributed by atoms with van der Waals surface area (Å²) in [4.78, 5) is 21.5. The largest absolute Gasteiger partial charge is 0.317 e. The van der Waals surface area contributed by atoms with E-state index in [0.717, 1.165) is 48.0 Å². The second-order valence-corrected chi connectivity index (χ2v) is 6.63. The van der Waals surface area contributed by atoms with Crippen molar-refractivity contribution in [2.24, 2.45) is 13.0 Å². The first-order valence-corrected chi connectivity index (χ1v) is 8.67. The summed E-state index contributed by atoms with van der Waals surface area (Å²) in [5, 5.41) is 8.48. The summed E-state index contributed by atoms with van der Waals surface area (Å²) in [5.41, 5.74) is 2.98. The van der Waals surface area contributed by atoms with Crippen LogP contribution in [0.1, 0.15) is 18.7 Å². The van der Waals surface area contributed by atoms with Crippen molar-refractivity contribution in [3.05, 3.63) is 42.6 Å². The average molecular weight is 335 g/mol. The third-order valence-electron chi connectivity index (χ3n) is 4.80. The molecule has 1 fully saturated rings. The normalized spacial score (nSPS) is 15.6. The Kier molecular flexibility index (Phi) is 4.28. The molecule has 4 rings (SSSR count). The number of carbonyl (C=O) groups is 1. The van der Waals surface area contributed by atoms with E-state index >= 15 is 0 Å². The van der Waals surface area contributed by atoms with E-state index in [9.17, 15) is 4.79 Å². The van der Waals surface area contributed by atoms with Gasteiger partial charge in [0, 0.05) is 36.3 Å². The molecule has 0 atom stereocenters. The number of rotatable bonds is 4. The third kappa shape index (κ3) is 3.44. The van der Waals surface area contributed by atoms with Crippen molar-refractivity contribution in [3.63, 3.8) is 0 Å². The van der Waals surface area contributed by atoms with Gasteiger partial charge in [0.15, 0.2) is 0 Å². The summed E-state index contributed by atoms with van der Waals surface area (Å²) in [6.45, 7) is 1.84. The quantitative estimate of drug-likeness (QED) is 0.791. The number of hydrogen-bond donors (Lipinski definition) is 1. The van der Waals surface area contributed by atoms with Crippen LogP contribution in [0.25, 0.3) is 22.0 Å². The van der Waals surface area contributed by atoms with E-state index in [-0.39, 0.29) is 11.7 Å². The topological polar surface area (TPSA) is 72.7 Å². The standard InChI is InChI=1S/C19H21N5O/c1-24-12-16(11-22-24)14-2-3-15-10-21-19(23-17(15)8-14)9-18(25)13-4-6-20-7-5-13/h2-3,8,10-13,20H,4-7,9H2,1H3. The number of carbonyl (C=O) groups excluding carboxylic acids is 1. The van der Waals surface area contributed by atoms with Gasteiger partial charge in [-0.15, -0.1) is 0 Å². The summed E-state index contributed by atoms with van der Waals surface area (Å²) in [6.07, 6.45) is 7.76. The molecular weight excluding hydrogens is 314 g/mol. The fourth-order valence-corrected chi connectivity index (χ4v) is 3.34. The number of piperidine rings is 1. The van der Waals surface area contributed by atoms with Crippen LogP contribution in [0, 0.1) is 5.92 Å². The van der Waals surface area contributed by atoms with Crippen molar-refractivity contribution >= 4 is 16.7 Å². The Labute approximate surface area is 146 Å². The monoisotopic (exact) mass is 335 g/mol. The van der Waals surface area contributed by atoms with Gasteiger partial charge >= 0.3 is 0 Å². The van der Waals surface area contributed by atoms with Crippen LogP contribution in [0.2, 0.25) is 0 Å². The Bertz CT molecular complexity index is 911. The number of ketones is 1. The van der Waals surface area contributed by atoms with Crippen LogP contribution in [-0.2, 0) is 18.3 Å². The van der Waals surface area contributed by atoms with Gasteiger partial charge in [-0.1, -0.05) is 12.1 Å². The zero-order valence-corrected chi connectivity index (χ0v) is 14.3. The van der Waals surface area contributed by atoms with Crippen molar-refractivity contribution < 1.29 is 4.79 Å². The second-order valence-electron chi connectivity index (χ2n) is 6.63. The van der Waals surface area contributed by atoms with E-state index in [0.29, 0.717) is 12.2 Å². The SMILES string of the molecule is Cn1cc(-c2ccc3cnc(CC(=O)C4CCNCC4)nc3c2)cn1. The molecule has 0 bridgehead atoms. The molecule has 128 valence electrons. The van der Waals surface area contributed by atoms with E-state index in [4.69, 9.17) is 0 Å². The lowest BCUT2D eigenvalue weighted by Crippen LogP contribution is -2.32. The van der Waals surface area contributed by atoms with Crippen LogP contribution in [0.15, 0.2) is 36.8 Å². The fourth-order valence-electron chi connectivity index (χ4n) is 3.34. The molecule has 3 heterocycles. The van der Waals surface area contributed by atoms with Crippen molar-refractivity contribution in [1.29, 1.82) is 0 Å². The van der Waals surface area contributed by atoms with Crippen LogP contribution in [-0.4, -0.2) is 38.6 Å². The predicted octanol–water partition coefficient (Wildman–Crippen LogP) is 2.14. The highest BCUT2D eigenvalue weighted by Gasteiger charge is 2.21. The smallest absolute Gasteiger partial charge is 0.143 e. The van der Waals surface area contributed by atoms with Crippen molar-refractivity contribution in [3.8, 4) is 11.1 Å². The van der Waals surface area contributed by atoms with Gasteiger partial charge in [-0.2, -0.15) is 5.10 Å². The van der Waals surface area contributed by atoms with Crippen LogP contribution in [0.5, 0.6) is 0 Å². The van der Waals surface area contributed by atoms with Gasteiger partial charge in [0.05, 0.1) is 18.1 Å². The maximum atomic E-state index is 12.5. The second kappa shape index (κ2) is 6.72. The van der Waals surface area contributed by atoms with Crippen LogP contribution in [0.3, 0.4) is 0 Å². The molecule has 3 aromatic rings. The summed E-state index contributed by atoms with van der Waals surface area (Å²) >= 11 is 0. The number of nitrogens with one attached hydrogen (secondary N) is 1. The zero-order chi connectivity index (χ0) is 17.2. The molecule has 1 aliphatic rings. The van der Waals surface area contributed by atoms with E-state index in [1.54, 1.807) is 10.9 Å². The lowest BCUT2D eigenvalue weighted by Gasteiger charge is -2.21. The molecule has 1 N–H and O–H groups in total. The predicted molar refractivity (Wildman–Crippen MR) is 96.0 cm³/mol. The summed E-state index contributed by atoms with van der Waals surface area (Å²) in [7, 11) is 1.90. The Morgan fingerprint density at radius 1 is 1.24 bits per heavy atom. The Morgan fingerprint density at radius 2 is 2.08 bits per heavy atom.